The van der Waals surface area contributed by atoms with Gasteiger partial charge in [-0.3, -0.25) is 10.2 Å². The SMILES string of the molecule is CN=CN(O)C(=O)OC(C)(C)C. The molecule has 0 radical (unpaired) electrons. The number of ether oxygens (including phenoxy) is 1. The van der Waals surface area contributed by atoms with E-state index in [1.165, 1.54) is 7.05 Å². The van der Waals surface area contributed by atoms with E-state index in [9.17, 15) is 4.79 Å². The molecule has 0 fully saturated rings. The Balaban J connectivity index is 4.05. The van der Waals surface area contributed by atoms with E-state index >= 15 is 0 Å². The highest BCUT2D eigenvalue weighted by molar-refractivity contribution is 5.80. The van der Waals surface area contributed by atoms with E-state index in [2.05, 4.69) is 4.99 Å². The van der Waals surface area contributed by atoms with Gasteiger partial charge in [0.05, 0.1) is 0 Å². The largest absolute Gasteiger partial charge is 0.442 e. The summed E-state index contributed by atoms with van der Waals surface area (Å²) in [5, 5.41) is 9.19. The summed E-state index contributed by atoms with van der Waals surface area (Å²) in [6.45, 7) is 5.13. The number of hydrogen-bond donors (Lipinski definition) is 1. The topological polar surface area (TPSA) is 62.1 Å². The van der Waals surface area contributed by atoms with Gasteiger partial charge < -0.3 is 4.74 Å². The number of rotatable bonds is 1. The maximum absolute atomic E-state index is 10.9. The first kappa shape index (κ1) is 10.9. The lowest BCUT2D eigenvalue weighted by Gasteiger charge is -2.21. The Morgan fingerprint density at radius 1 is 1.58 bits per heavy atom. The minimum Gasteiger partial charge on any atom is -0.442 e. The fraction of sp³-hybridized carbons (Fsp3) is 0.714. The third kappa shape index (κ3) is 4.68. The van der Waals surface area contributed by atoms with Crippen LogP contribution in [-0.2, 0) is 4.74 Å². The van der Waals surface area contributed by atoms with Gasteiger partial charge in [0.2, 0.25) is 0 Å². The van der Waals surface area contributed by atoms with Gasteiger partial charge in [-0.25, -0.2) is 4.79 Å². The molecule has 5 heteroatoms. The van der Waals surface area contributed by atoms with Crippen molar-refractivity contribution in [3.63, 3.8) is 0 Å². The molecule has 0 spiro atoms. The van der Waals surface area contributed by atoms with Crippen LogP contribution in [0.4, 0.5) is 4.79 Å². The molecule has 1 amide bonds. The summed E-state index contributed by atoms with van der Waals surface area (Å²) in [6, 6.07) is 0. The van der Waals surface area contributed by atoms with Gasteiger partial charge in [-0.05, 0) is 20.8 Å². The summed E-state index contributed by atoms with van der Waals surface area (Å²) < 4.78 is 4.80. The molecule has 0 saturated carbocycles. The van der Waals surface area contributed by atoms with Crippen LogP contribution in [0.15, 0.2) is 4.99 Å². The quantitative estimate of drug-likeness (QED) is 0.282. The van der Waals surface area contributed by atoms with E-state index in [0.29, 0.717) is 5.06 Å². The molecule has 0 aliphatic carbocycles. The van der Waals surface area contributed by atoms with Crippen LogP contribution in [0, 0.1) is 0 Å². The molecular weight excluding hydrogens is 160 g/mol. The van der Waals surface area contributed by atoms with Gasteiger partial charge in [-0.15, -0.1) is 5.06 Å². The highest BCUT2D eigenvalue weighted by Crippen LogP contribution is 2.07. The minimum absolute atomic E-state index is 0.297. The lowest BCUT2D eigenvalue weighted by atomic mass is 10.2. The molecule has 0 rings (SSSR count). The molecule has 70 valence electrons. The smallest absolute Gasteiger partial charge is 0.440 e. The number of nitrogens with zero attached hydrogens (tertiary/aromatic N) is 2. The molecule has 0 saturated heterocycles. The molecule has 0 bridgehead atoms. The van der Waals surface area contributed by atoms with Crippen LogP contribution in [0.25, 0.3) is 0 Å². The second-order valence-corrected chi connectivity index (χ2v) is 3.20. The Kier molecular flexibility index (Phi) is 3.69. The van der Waals surface area contributed by atoms with E-state index in [1.807, 2.05) is 0 Å². The maximum Gasteiger partial charge on any atom is 0.440 e. The molecule has 12 heavy (non-hydrogen) atoms. The number of aliphatic imine (C=N–C) groups is 1. The summed E-state index contributed by atoms with van der Waals surface area (Å²) in [7, 11) is 1.44. The predicted octanol–water partition coefficient (Wildman–Crippen LogP) is 1.27. The Bertz CT molecular complexity index is 184. The highest BCUT2D eigenvalue weighted by Gasteiger charge is 2.19. The third-order valence-electron chi connectivity index (χ3n) is 0.805. The van der Waals surface area contributed by atoms with Crippen molar-refractivity contribution in [3.05, 3.63) is 0 Å². The zero-order valence-corrected chi connectivity index (χ0v) is 7.74. The Morgan fingerprint density at radius 2 is 2.08 bits per heavy atom. The van der Waals surface area contributed by atoms with Gasteiger partial charge in [-0.2, -0.15) is 0 Å². The van der Waals surface area contributed by atoms with Crippen LogP contribution in [0.3, 0.4) is 0 Å². The fourth-order valence-electron chi connectivity index (χ4n) is 0.465. The van der Waals surface area contributed by atoms with Gasteiger partial charge in [0.15, 0.2) is 0 Å². The molecule has 5 nitrogen and oxygen atoms in total. The third-order valence-corrected chi connectivity index (χ3v) is 0.805. The van der Waals surface area contributed by atoms with E-state index in [1.54, 1.807) is 20.8 Å². The lowest BCUT2D eigenvalue weighted by molar-refractivity contribution is -0.0434. The number of carbonyl (C=O) groups excluding carboxylic acids is 1. The monoisotopic (exact) mass is 174 g/mol. The van der Waals surface area contributed by atoms with Crippen molar-refractivity contribution >= 4 is 12.4 Å². The molecule has 0 aromatic carbocycles. The summed E-state index contributed by atoms with van der Waals surface area (Å²) >= 11 is 0. The van der Waals surface area contributed by atoms with Crippen LogP contribution < -0.4 is 0 Å². The molecule has 0 aromatic rings. The standard InChI is InChI=1S/C7H14N2O3/c1-7(2,3)12-6(10)9(11)5-8-4/h5,11H,1-4H3. The minimum atomic E-state index is -0.840. The summed E-state index contributed by atoms with van der Waals surface area (Å²) in [5.41, 5.74) is -0.611. The number of hydroxylamine groups is 2. The number of amides is 1. The van der Waals surface area contributed by atoms with E-state index in [0.717, 1.165) is 6.34 Å². The zero-order chi connectivity index (χ0) is 9.78. The molecule has 0 aromatic heterocycles. The number of hydrogen-bond acceptors (Lipinski definition) is 4. The molecule has 0 unspecified atom stereocenters. The summed E-state index contributed by atoms with van der Waals surface area (Å²) in [6.07, 6.45) is 0.127. The van der Waals surface area contributed by atoms with Crippen LogP contribution in [-0.4, -0.2) is 35.4 Å². The van der Waals surface area contributed by atoms with Crippen LogP contribution >= 0.6 is 0 Å². The maximum atomic E-state index is 10.9. The number of carbonyl (C=O) groups is 1. The first-order chi connectivity index (χ1) is 5.37. The average molecular weight is 174 g/mol. The fourth-order valence-corrected chi connectivity index (χ4v) is 0.465. The normalized spacial score (nSPS) is 11.8. The molecule has 1 N–H and O–H groups in total. The van der Waals surface area contributed by atoms with Crippen LogP contribution in [0.5, 0.6) is 0 Å². The van der Waals surface area contributed by atoms with Crippen molar-refractivity contribution in [2.75, 3.05) is 7.05 Å². The van der Waals surface area contributed by atoms with Crippen molar-refractivity contribution in [3.8, 4) is 0 Å². The summed E-state index contributed by atoms with van der Waals surface area (Å²) in [5.74, 6) is 0. The first-order valence-corrected chi connectivity index (χ1v) is 3.50. The van der Waals surface area contributed by atoms with E-state index < -0.39 is 11.7 Å². The molecule has 0 aliphatic rings. The highest BCUT2D eigenvalue weighted by atomic mass is 16.6. The molecule has 0 aliphatic heterocycles. The van der Waals surface area contributed by atoms with Crippen molar-refractivity contribution < 1.29 is 14.7 Å². The average Bonchev–Trinajstić information content (AvgIpc) is 1.84. The van der Waals surface area contributed by atoms with Crippen molar-refractivity contribution in [2.24, 2.45) is 4.99 Å². The Hall–Kier alpha value is -1.10. The van der Waals surface area contributed by atoms with E-state index in [4.69, 9.17) is 9.94 Å². The van der Waals surface area contributed by atoms with Crippen molar-refractivity contribution in [1.29, 1.82) is 0 Å². The zero-order valence-electron chi connectivity index (χ0n) is 7.74. The lowest BCUT2D eigenvalue weighted by Crippen LogP contribution is -2.33. The van der Waals surface area contributed by atoms with Crippen molar-refractivity contribution in [1.82, 2.24) is 5.06 Å². The Labute approximate surface area is 71.6 Å². The van der Waals surface area contributed by atoms with Gasteiger partial charge in [-0.1, -0.05) is 0 Å². The first-order valence-electron chi connectivity index (χ1n) is 3.50. The Morgan fingerprint density at radius 3 is 2.42 bits per heavy atom. The molecular formula is C7H14N2O3. The van der Waals surface area contributed by atoms with Crippen LogP contribution in [0.1, 0.15) is 20.8 Å². The second-order valence-electron chi connectivity index (χ2n) is 3.20. The second kappa shape index (κ2) is 4.06. The molecule has 0 atom stereocenters. The van der Waals surface area contributed by atoms with Gasteiger partial charge >= 0.3 is 6.09 Å². The van der Waals surface area contributed by atoms with Gasteiger partial charge in [0.1, 0.15) is 11.9 Å². The molecule has 0 heterocycles. The van der Waals surface area contributed by atoms with Crippen LogP contribution in [0.2, 0.25) is 0 Å². The van der Waals surface area contributed by atoms with E-state index in [-0.39, 0.29) is 0 Å². The predicted molar refractivity (Wildman–Crippen MR) is 44.3 cm³/mol. The van der Waals surface area contributed by atoms with Gasteiger partial charge in [0, 0.05) is 7.05 Å². The van der Waals surface area contributed by atoms with Crippen molar-refractivity contribution in [2.45, 2.75) is 26.4 Å². The van der Waals surface area contributed by atoms with Gasteiger partial charge in [0.25, 0.3) is 0 Å². The summed E-state index contributed by atoms with van der Waals surface area (Å²) in [4.78, 5) is 14.3.